The van der Waals surface area contributed by atoms with Crippen molar-refractivity contribution >= 4 is 11.8 Å². The molecule has 0 aromatic heterocycles. The number of ether oxygens (including phenoxy) is 2. The molecular weight excluding hydrogens is 270 g/mol. The third kappa shape index (κ3) is 6.53. The number of rotatable bonds is 11. The quantitative estimate of drug-likeness (QED) is 0.631. The first-order valence-electron chi connectivity index (χ1n) is 7.40. The van der Waals surface area contributed by atoms with Gasteiger partial charge in [-0.25, -0.2) is 0 Å². The predicted octanol–water partition coefficient (Wildman–Crippen LogP) is 3.72. The molecule has 1 aromatic carbocycles. The fourth-order valence-corrected chi connectivity index (χ4v) is 2.45. The van der Waals surface area contributed by atoms with E-state index in [1.807, 2.05) is 17.8 Å². The summed E-state index contributed by atoms with van der Waals surface area (Å²) in [6.45, 7) is 7.01. The highest BCUT2D eigenvalue weighted by molar-refractivity contribution is 7.99. The van der Waals surface area contributed by atoms with E-state index in [2.05, 4.69) is 31.3 Å². The second kappa shape index (κ2) is 10.9. The molecule has 0 aliphatic rings. The van der Waals surface area contributed by atoms with Gasteiger partial charge in [0.05, 0.1) is 13.7 Å². The molecule has 20 heavy (non-hydrogen) atoms. The molecule has 0 heterocycles. The molecule has 0 fully saturated rings. The summed E-state index contributed by atoms with van der Waals surface area (Å²) in [6, 6.07) is 6.16. The van der Waals surface area contributed by atoms with Gasteiger partial charge in [0.15, 0.2) is 11.5 Å². The average molecular weight is 297 g/mol. The highest BCUT2D eigenvalue weighted by Crippen LogP contribution is 2.28. The Balaban J connectivity index is 2.45. The summed E-state index contributed by atoms with van der Waals surface area (Å²) in [6.07, 6.45) is 2.22. The smallest absolute Gasteiger partial charge is 0.161 e. The zero-order valence-corrected chi connectivity index (χ0v) is 13.7. The maximum atomic E-state index is 5.80. The first kappa shape index (κ1) is 17.2. The molecule has 0 radical (unpaired) electrons. The SMILES string of the molecule is CCCNCc1ccc(OCCCSCC)c(OC)c1. The van der Waals surface area contributed by atoms with Gasteiger partial charge in [0, 0.05) is 6.54 Å². The van der Waals surface area contributed by atoms with E-state index in [0.29, 0.717) is 0 Å². The second-order valence-corrected chi connectivity index (χ2v) is 5.95. The van der Waals surface area contributed by atoms with Crippen LogP contribution in [0.15, 0.2) is 18.2 Å². The van der Waals surface area contributed by atoms with E-state index in [1.54, 1.807) is 7.11 Å². The number of benzene rings is 1. The summed E-state index contributed by atoms with van der Waals surface area (Å²) in [5, 5.41) is 3.39. The lowest BCUT2D eigenvalue weighted by atomic mass is 10.2. The van der Waals surface area contributed by atoms with Gasteiger partial charge in [0.1, 0.15) is 0 Å². The molecule has 0 unspecified atom stereocenters. The zero-order valence-electron chi connectivity index (χ0n) is 12.9. The average Bonchev–Trinajstić information content (AvgIpc) is 2.48. The van der Waals surface area contributed by atoms with Crippen molar-refractivity contribution in [3.05, 3.63) is 23.8 Å². The first-order valence-corrected chi connectivity index (χ1v) is 8.55. The third-order valence-corrected chi connectivity index (χ3v) is 3.86. The standard InChI is InChI=1S/C16H27NO2S/c1-4-9-17-13-14-7-8-15(16(12-14)18-3)19-10-6-11-20-5-2/h7-8,12,17H,4-6,9-11,13H2,1-3H3. The Bertz CT molecular complexity index is 371. The minimum Gasteiger partial charge on any atom is -0.493 e. The lowest BCUT2D eigenvalue weighted by Crippen LogP contribution is -2.13. The van der Waals surface area contributed by atoms with Crippen molar-refractivity contribution in [1.29, 1.82) is 0 Å². The summed E-state index contributed by atoms with van der Waals surface area (Å²) >= 11 is 1.95. The third-order valence-electron chi connectivity index (χ3n) is 2.88. The molecule has 0 aliphatic carbocycles. The van der Waals surface area contributed by atoms with Crippen LogP contribution in [0.1, 0.15) is 32.3 Å². The van der Waals surface area contributed by atoms with Gasteiger partial charge < -0.3 is 14.8 Å². The number of hydrogen-bond donors (Lipinski definition) is 1. The molecule has 1 aromatic rings. The van der Waals surface area contributed by atoms with Crippen LogP contribution in [0.5, 0.6) is 11.5 Å². The van der Waals surface area contributed by atoms with Crippen LogP contribution < -0.4 is 14.8 Å². The minimum absolute atomic E-state index is 0.747. The monoisotopic (exact) mass is 297 g/mol. The lowest BCUT2D eigenvalue weighted by Gasteiger charge is -2.12. The fourth-order valence-electron chi connectivity index (χ4n) is 1.84. The van der Waals surface area contributed by atoms with Crippen molar-refractivity contribution in [1.82, 2.24) is 5.32 Å². The molecule has 0 atom stereocenters. The van der Waals surface area contributed by atoms with Crippen LogP contribution in [0.4, 0.5) is 0 Å². The fraction of sp³-hybridized carbons (Fsp3) is 0.625. The molecule has 0 saturated heterocycles. The van der Waals surface area contributed by atoms with E-state index >= 15 is 0 Å². The topological polar surface area (TPSA) is 30.5 Å². The van der Waals surface area contributed by atoms with Crippen LogP contribution >= 0.6 is 11.8 Å². The number of methoxy groups -OCH3 is 1. The van der Waals surface area contributed by atoms with Crippen molar-refractivity contribution in [3.63, 3.8) is 0 Å². The normalized spacial score (nSPS) is 10.6. The number of hydrogen-bond acceptors (Lipinski definition) is 4. The number of thioether (sulfide) groups is 1. The molecule has 1 rings (SSSR count). The van der Waals surface area contributed by atoms with Gasteiger partial charge in [-0.05, 0) is 48.6 Å². The van der Waals surface area contributed by atoms with Crippen molar-refractivity contribution in [2.24, 2.45) is 0 Å². The van der Waals surface area contributed by atoms with Crippen LogP contribution in [-0.2, 0) is 6.54 Å². The Morgan fingerprint density at radius 2 is 2.05 bits per heavy atom. The van der Waals surface area contributed by atoms with Gasteiger partial charge in [0.2, 0.25) is 0 Å². The van der Waals surface area contributed by atoms with Gasteiger partial charge in [0.25, 0.3) is 0 Å². The Hall–Kier alpha value is -0.870. The Kier molecular flexibility index (Phi) is 9.33. The molecule has 0 saturated carbocycles. The molecule has 4 heteroatoms. The van der Waals surface area contributed by atoms with Crippen molar-refractivity contribution in [3.8, 4) is 11.5 Å². The highest BCUT2D eigenvalue weighted by Gasteiger charge is 2.05. The van der Waals surface area contributed by atoms with Gasteiger partial charge >= 0.3 is 0 Å². The maximum Gasteiger partial charge on any atom is 0.161 e. The summed E-state index contributed by atoms with van der Waals surface area (Å²) in [5.41, 5.74) is 1.23. The Morgan fingerprint density at radius 3 is 2.75 bits per heavy atom. The van der Waals surface area contributed by atoms with Gasteiger partial charge in [-0.2, -0.15) is 11.8 Å². The largest absolute Gasteiger partial charge is 0.493 e. The van der Waals surface area contributed by atoms with Crippen molar-refractivity contribution in [2.75, 3.05) is 31.8 Å². The van der Waals surface area contributed by atoms with E-state index in [9.17, 15) is 0 Å². The Morgan fingerprint density at radius 1 is 1.20 bits per heavy atom. The molecule has 1 N–H and O–H groups in total. The predicted molar refractivity (Wildman–Crippen MR) is 88.1 cm³/mol. The molecule has 3 nitrogen and oxygen atoms in total. The van der Waals surface area contributed by atoms with Crippen LogP contribution in [0.2, 0.25) is 0 Å². The summed E-state index contributed by atoms with van der Waals surface area (Å²) in [5.74, 6) is 3.98. The molecule has 114 valence electrons. The maximum absolute atomic E-state index is 5.80. The zero-order chi connectivity index (χ0) is 14.6. The molecule has 0 spiro atoms. The van der Waals surface area contributed by atoms with E-state index in [1.165, 1.54) is 11.3 Å². The van der Waals surface area contributed by atoms with Crippen molar-refractivity contribution < 1.29 is 9.47 Å². The molecular formula is C16H27NO2S. The van der Waals surface area contributed by atoms with E-state index < -0.39 is 0 Å². The van der Waals surface area contributed by atoms with Gasteiger partial charge in [-0.3, -0.25) is 0 Å². The second-order valence-electron chi connectivity index (χ2n) is 4.56. The van der Waals surface area contributed by atoms with Gasteiger partial charge in [-0.1, -0.05) is 19.9 Å². The van der Waals surface area contributed by atoms with Crippen molar-refractivity contribution in [2.45, 2.75) is 33.2 Å². The number of nitrogens with one attached hydrogen (secondary N) is 1. The first-order chi connectivity index (χ1) is 9.81. The summed E-state index contributed by atoms with van der Waals surface area (Å²) < 4.78 is 11.2. The van der Waals surface area contributed by atoms with Crippen LogP contribution in [-0.4, -0.2) is 31.8 Å². The van der Waals surface area contributed by atoms with E-state index in [0.717, 1.165) is 49.8 Å². The molecule has 0 aliphatic heterocycles. The lowest BCUT2D eigenvalue weighted by molar-refractivity contribution is 0.295. The van der Waals surface area contributed by atoms with E-state index in [4.69, 9.17) is 9.47 Å². The highest BCUT2D eigenvalue weighted by atomic mass is 32.2. The van der Waals surface area contributed by atoms with Gasteiger partial charge in [-0.15, -0.1) is 0 Å². The van der Waals surface area contributed by atoms with Crippen LogP contribution in [0.3, 0.4) is 0 Å². The van der Waals surface area contributed by atoms with Crippen LogP contribution in [0, 0.1) is 0 Å². The molecule has 0 bridgehead atoms. The minimum atomic E-state index is 0.747. The van der Waals surface area contributed by atoms with E-state index in [-0.39, 0.29) is 0 Å². The Labute approximate surface area is 127 Å². The molecule has 0 amide bonds. The van der Waals surface area contributed by atoms with Crippen LogP contribution in [0.25, 0.3) is 0 Å². The summed E-state index contributed by atoms with van der Waals surface area (Å²) in [7, 11) is 1.69. The summed E-state index contributed by atoms with van der Waals surface area (Å²) in [4.78, 5) is 0.